The van der Waals surface area contributed by atoms with Crippen LogP contribution in [0.3, 0.4) is 0 Å². The summed E-state index contributed by atoms with van der Waals surface area (Å²) in [6.07, 6.45) is 4.57. The highest BCUT2D eigenvalue weighted by molar-refractivity contribution is 7.89. The van der Waals surface area contributed by atoms with Gasteiger partial charge in [0.2, 0.25) is 10.0 Å². The predicted octanol–water partition coefficient (Wildman–Crippen LogP) is 3.14. The summed E-state index contributed by atoms with van der Waals surface area (Å²) in [6.45, 7) is 1.60. The first-order valence-electron chi connectivity index (χ1n) is 8.72. The van der Waals surface area contributed by atoms with E-state index in [4.69, 9.17) is 0 Å². The Labute approximate surface area is 144 Å². The first kappa shape index (κ1) is 17.4. The molecule has 0 radical (unpaired) electrons. The fourth-order valence-electron chi connectivity index (χ4n) is 3.66. The topological polar surface area (TPSA) is 58.2 Å². The number of hydrogen-bond donors (Lipinski definition) is 2. The highest BCUT2D eigenvalue weighted by atomic mass is 32.2. The van der Waals surface area contributed by atoms with E-state index in [1.165, 1.54) is 12.8 Å². The molecule has 0 aromatic heterocycles. The lowest BCUT2D eigenvalue weighted by Gasteiger charge is -2.28. The third kappa shape index (κ3) is 3.97. The van der Waals surface area contributed by atoms with Gasteiger partial charge < -0.3 is 5.32 Å². The van der Waals surface area contributed by atoms with E-state index in [0.717, 1.165) is 36.1 Å². The van der Waals surface area contributed by atoms with Crippen molar-refractivity contribution in [2.24, 2.45) is 11.8 Å². The Bertz CT molecular complexity index is 776. The van der Waals surface area contributed by atoms with E-state index in [1.54, 1.807) is 12.1 Å². The highest BCUT2D eigenvalue weighted by Gasteiger charge is 2.23. The van der Waals surface area contributed by atoms with Crippen LogP contribution in [0.5, 0.6) is 0 Å². The van der Waals surface area contributed by atoms with E-state index in [0.29, 0.717) is 17.4 Å². The van der Waals surface area contributed by atoms with Gasteiger partial charge in [0.25, 0.3) is 0 Å². The molecular weight excluding hydrogens is 320 g/mol. The van der Waals surface area contributed by atoms with Gasteiger partial charge in [-0.25, -0.2) is 13.1 Å². The third-order valence-electron chi connectivity index (χ3n) is 5.06. The van der Waals surface area contributed by atoms with Crippen LogP contribution in [0.15, 0.2) is 47.4 Å². The van der Waals surface area contributed by atoms with Crippen LogP contribution in [0.25, 0.3) is 10.8 Å². The van der Waals surface area contributed by atoms with Gasteiger partial charge in [-0.05, 0) is 62.6 Å². The summed E-state index contributed by atoms with van der Waals surface area (Å²) in [5.41, 5.74) is 0. The van der Waals surface area contributed by atoms with Crippen LogP contribution in [0, 0.1) is 11.8 Å². The molecule has 1 aliphatic rings. The monoisotopic (exact) mass is 346 g/mol. The molecule has 4 nitrogen and oxygen atoms in total. The molecule has 0 aliphatic heterocycles. The SMILES string of the molecule is CNCC1CCC(CNS(=O)(=O)c2cccc3ccccc23)CC1. The molecule has 1 aliphatic carbocycles. The molecule has 3 rings (SSSR count). The van der Waals surface area contributed by atoms with Crippen LogP contribution in [0.1, 0.15) is 25.7 Å². The number of sulfonamides is 1. The van der Waals surface area contributed by atoms with Crippen molar-refractivity contribution < 1.29 is 8.42 Å². The van der Waals surface area contributed by atoms with E-state index < -0.39 is 10.0 Å². The van der Waals surface area contributed by atoms with Crippen LogP contribution in [0.2, 0.25) is 0 Å². The van der Waals surface area contributed by atoms with Gasteiger partial charge in [-0.15, -0.1) is 0 Å². The lowest BCUT2D eigenvalue weighted by Crippen LogP contribution is -2.32. The van der Waals surface area contributed by atoms with Crippen molar-refractivity contribution in [3.05, 3.63) is 42.5 Å². The van der Waals surface area contributed by atoms with Crippen molar-refractivity contribution in [3.63, 3.8) is 0 Å². The molecule has 0 heterocycles. The van der Waals surface area contributed by atoms with E-state index in [-0.39, 0.29) is 0 Å². The third-order valence-corrected chi connectivity index (χ3v) is 6.54. The number of fused-ring (bicyclic) bond motifs is 1. The Kier molecular flexibility index (Phi) is 5.54. The first-order valence-corrected chi connectivity index (χ1v) is 10.2. The summed E-state index contributed by atoms with van der Waals surface area (Å²) in [4.78, 5) is 0.379. The fraction of sp³-hybridized carbons (Fsp3) is 0.474. The molecule has 0 saturated heterocycles. The van der Waals surface area contributed by atoms with E-state index in [2.05, 4.69) is 10.0 Å². The maximum atomic E-state index is 12.7. The molecule has 0 unspecified atom stereocenters. The van der Waals surface area contributed by atoms with Crippen LogP contribution in [-0.4, -0.2) is 28.6 Å². The average molecular weight is 346 g/mol. The highest BCUT2D eigenvalue weighted by Crippen LogP contribution is 2.28. The summed E-state index contributed by atoms with van der Waals surface area (Å²) in [5, 5.41) is 4.97. The molecule has 0 bridgehead atoms. The summed E-state index contributed by atoms with van der Waals surface area (Å²) in [6, 6.07) is 13.1. The number of rotatable bonds is 6. The van der Waals surface area contributed by atoms with Gasteiger partial charge in [0.1, 0.15) is 0 Å². The van der Waals surface area contributed by atoms with Crippen molar-refractivity contribution in [1.29, 1.82) is 0 Å². The predicted molar refractivity (Wildman–Crippen MR) is 98.5 cm³/mol. The van der Waals surface area contributed by atoms with Crippen LogP contribution >= 0.6 is 0 Å². The minimum atomic E-state index is -3.47. The largest absolute Gasteiger partial charge is 0.319 e. The standard InChI is InChI=1S/C19H26N2O2S/c1-20-13-15-9-11-16(12-10-15)14-21-24(22,23)19-8-4-6-17-5-2-3-7-18(17)19/h2-8,15-16,20-21H,9-14H2,1H3. The second-order valence-electron chi connectivity index (χ2n) is 6.77. The van der Waals surface area contributed by atoms with Gasteiger partial charge >= 0.3 is 0 Å². The van der Waals surface area contributed by atoms with Crippen molar-refractivity contribution >= 4 is 20.8 Å². The molecule has 2 aromatic rings. The Morgan fingerprint density at radius 3 is 2.25 bits per heavy atom. The maximum Gasteiger partial charge on any atom is 0.241 e. The Hall–Kier alpha value is -1.43. The van der Waals surface area contributed by atoms with Crippen LogP contribution in [-0.2, 0) is 10.0 Å². The second kappa shape index (κ2) is 7.64. The normalized spacial score (nSPS) is 21.9. The van der Waals surface area contributed by atoms with Crippen molar-refractivity contribution in [3.8, 4) is 0 Å². The summed E-state index contributed by atoms with van der Waals surface area (Å²) in [7, 11) is -1.48. The fourth-order valence-corrected chi connectivity index (χ4v) is 5.01. The molecule has 5 heteroatoms. The molecule has 2 aromatic carbocycles. The molecule has 2 N–H and O–H groups in total. The van der Waals surface area contributed by atoms with Gasteiger partial charge in [-0.2, -0.15) is 0 Å². The zero-order valence-electron chi connectivity index (χ0n) is 14.2. The van der Waals surface area contributed by atoms with E-state index >= 15 is 0 Å². The lowest BCUT2D eigenvalue weighted by atomic mass is 9.82. The lowest BCUT2D eigenvalue weighted by molar-refractivity contribution is 0.272. The van der Waals surface area contributed by atoms with Gasteiger partial charge in [0.05, 0.1) is 4.90 Å². The van der Waals surface area contributed by atoms with Gasteiger partial charge in [0.15, 0.2) is 0 Å². The molecule has 130 valence electrons. The minimum Gasteiger partial charge on any atom is -0.319 e. The zero-order chi connectivity index (χ0) is 17.0. The van der Waals surface area contributed by atoms with Gasteiger partial charge in [-0.1, -0.05) is 36.4 Å². The molecule has 24 heavy (non-hydrogen) atoms. The zero-order valence-corrected chi connectivity index (χ0v) is 15.0. The average Bonchev–Trinajstić information content (AvgIpc) is 2.61. The van der Waals surface area contributed by atoms with E-state index in [1.807, 2.05) is 37.4 Å². The first-order chi connectivity index (χ1) is 11.6. The number of benzene rings is 2. The smallest absolute Gasteiger partial charge is 0.241 e. The quantitative estimate of drug-likeness (QED) is 0.845. The van der Waals surface area contributed by atoms with E-state index in [9.17, 15) is 8.42 Å². The Morgan fingerprint density at radius 2 is 1.54 bits per heavy atom. The van der Waals surface area contributed by atoms with Crippen molar-refractivity contribution in [2.75, 3.05) is 20.1 Å². The molecular formula is C19H26N2O2S. The van der Waals surface area contributed by atoms with Crippen molar-refractivity contribution in [1.82, 2.24) is 10.0 Å². The molecule has 1 saturated carbocycles. The van der Waals surface area contributed by atoms with Gasteiger partial charge in [-0.3, -0.25) is 0 Å². The molecule has 1 fully saturated rings. The van der Waals surface area contributed by atoms with Crippen LogP contribution < -0.4 is 10.0 Å². The Morgan fingerprint density at radius 1 is 0.917 bits per heavy atom. The molecule has 0 spiro atoms. The van der Waals surface area contributed by atoms with Crippen molar-refractivity contribution in [2.45, 2.75) is 30.6 Å². The summed E-state index contributed by atoms with van der Waals surface area (Å²) in [5.74, 6) is 1.18. The number of hydrogen-bond acceptors (Lipinski definition) is 3. The molecule has 0 atom stereocenters. The van der Waals surface area contributed by atoms with Gasteiger partial charge in [0, 0.05) is 11.9 Å². The minimum absolute atomic E-state index is 0.379. The summed E-state index contributed by atoms with van der Waals surface area (Å²) < 4.78 is 28.3. The number of nitrogens with one attached hydrogen (secondary N) is 2. The second-order valence-corrected chi connectivity index (χ2v) is 8.51. The van der Waals surface area contributed by atoms with Crippen LogP contribution in [0.4, 0.5) is 0 Å². The molecule has 0 amide bonds. The summed E-state index contributed by atoms with van der Waals surface area (Å²) >= 11 is 0. The Balaban J connectivity index is 1.66. The maximum absolute atomic E-state index is 12.7.